The summed E-state index contributed by atoms with van der Waals surface area (Å²) >= 11 is 0. The second-order valence-electron chi connectivity index (χ2n) is 5.44. The van der Waals surface area contributed by atoms with Crippen LogP contribution in [0.1, 0.15) is 24.5 Å². The van der Waals surface area contributed by atoms with Crippen LogP contribution in [0.4, 0.5) is 5.69 Å². The van der Waals surface area contributed by atoms with E-state index in [1.165, 1.54) is 7.11 Å². The molecule has 0 aromatic heterocycles. The van der Waals surface area contributed by atoms with Gasteiger partial charge < -0.3 is 9.47 Å². The van der Waals surface area contributed by atoms with Crippen LogP contribution in [0.3, 0.4) is 0 Å². The van der Waals surface area contributed by atoms with Gasteiger partial charge in [0, 0.05) is 13.5 Å². The summed E-state index contributed by atoms with van der Waals surface area (Å²) in [6.45, 7) is 5.63. The Hall–Kier alpha value is -1.88. The summed E-state index contributed by atoms with van der Waals surface area (Å²) in [5.74, 6) is -0.583. The van der Waals surface area contributed by atoms with E-state index in [0.29, 0.717) is 6.42 Å². The summed E-state index contributed by atoms with van der Waals surface area (Å²) in [5, 5.41) is 0. The van der Waals surface area contributed by atoms with E-state index in [4.69, 9.17) is 9.47 Å². The summed E-state index contributed by atoms with van der Waals surface area (Å²) < 4.78 is 10.2. The van der Waals surface area contributed by atoms with Crippen LogP contribution in [-0.2, 0) is 19.1 Å². The molecule has 2 unspecified atom stereocenters. The Morgan fingerprint density at radius 1 is 1.38 bits per heavy atom. The topological polar surface area (TPSA) is 55.8 Å². The van der Waals surface area contributed by atoms with Gasteiger partial charge in [-0.2, -0.15) is 0 Å². The molecule has 5 nitrogen and oxygen atoms in total. The van der Waals surface area contributed by atoms with Gasteiger partial charge in [-0.15, -0.1) is 0 Å². The number of esters is 1. The van der Waals surface area contributed by atoms with Crippen molar-refractivity contribution in [3.05, 3.63) is 29.3 Å². The Morgan fingerprint density at radius 3 is 2.48 bits per heavy atom. The molecular formula is C16H21NO4. The minimum Gasteiger partial charge on any atom is -0.461 e. The quantitative estimate of drug-likeness (QED) is 0.796. The maximum atomic E-state index is 12.5. The van der Waals surface area contributed by atoms with Crippen LogP contribution < -0.4 is 4.90 Å². The van der Waals surface area contributed by atoms with Gasteiger partial charge in [-0.3, -0.25) is 9.69 Å². The highest BCUT2D eigenvalue weighted by Gasteiger charge is 2.40. The summed E-state index contributed by atoms with van der Waals surface area (Å²) in [5.41, 5.74) is 2.68. The number of anilines is 1. The molecule has 0 saturated carbocycles. The normalized spacial score (nSPS) is 21.2. The largest absolute Gasteiger partial charge is 0.461 e. The number of carbonyl (C=O) groups is 2. The number of aryl methyl sites for hydroxylation is 2. The minimum atomic E-state index is -0.581. The van der Waals surface area contributed by atoms with Gasteiger partial charge in [-0.05, 0) is 31.9 Å². The molecule has 114 valence electrons. The summed E-state index contributed by atoms with van der Waals surface area (Å²) in [6, 6.07) is 5.21. The molecule has 1 aliphatic rings. The zero-order valence-electron chi connectivity index (χ0n) is 12.9. The Labute approximate surface area is 124 Å². The number of methoxy groups -OCH3 is 1. The number of carbonyl (C=O) groups excluding carboxylic acids is 2. The number of amides is 1. The number of para-hydroxylation sites is 1. The van der Waals surface area contributed by atoms with Crippen LogP contribution in [0.25, 0.3) is 0 Å². The Morgan fingerprint density at radius 2 is 2.00 bits per heavy atom. The molecule has 1 heterocycles. The fraction of sp³-hybridized carbons (Fsp3) is 0.500. The zero-order chi connectivity index (χ0) is 15.6. The van der Waals surface area contributed by atoms with E-state index < -0.39 is 6.04 Å². The van der Waals surface area contributed by atoms with Crippen molar-refractivity contribution in [2.75, 3.05) is 18.6 Å². The second kappa shape index (κ2) is 6.26. The molecule has 2 atom stereocenters. The molecule has 2 rings (SSSR count). The van der Waals surface area contributed by atoms with Gasteiger partial charge in [0.15, 0.2) is 0 Å². The van der Waals surface area contributed by atoms with Gasteiger partial charge >= 0.3 is 5.97 Å². The van der Waals surface area contributed by atoms with Crippen molar-refractivity contribution < 1.29 is 19.1 Å². The number of hydrogen-bond acceptors (Lipinski definition) is 4. The number of benzene rings is 1. The number of nitrogens with zero attached hydrogens (tertiary/aromatic N) is 1. The monoisotopic (exact) mass is 291 g/mol. The van der Waals surface area contributed by atoms with E-state index in [9.17, 15) is 9.59 Å². The fourth-order valence-corrected chi connectivity index (χ4v) is 2.78. The van der Waals surface area contributed by atoms with Crippen LogP contribution >= 0.6 is 0 Å². The van der Waals surface area contributed by atoms with E-state index in [1.807, 2.05) is 39.0 Å². The van der Waals surface area contributed by atoms with Crippen molar-refractivity contribution in [1.29, 1.82) is 0 Å². The van der Waals surface area contributed by atoms with E-state index in [2.05, 4.69) is 0 Å². The smallest absolute Gasteiger partial charge is 0.329 e. The molecule has 21 heavy (non-hydrogen) atoms. The fourth-order valence-electron chi connectivity index (χ4n) is 2.78. The highest BCUT2D eigenvalue weighted by Crippen LogP contribution is 2.31. The maximum absolute atomic E-state index is 12.5. The molecule has 0 bridgehead atoms. The van der Waals surface area contributed by atoms with Gasteiger partial charge in [-0.25, -0.2) is 4.79 Å². The van der Waals surface area contributed by atoms with Crippen LogP contribution in [0.15, 0.2) is 18.2 Å². The molecule has 1 aromatic carbocycles. The molecular weight excluding hydrogens is 270 g/mol. The molecule has 1 fully saturated rings. The molecule has 1 saturated heterocycles. The van der Waals surface area contributed by atoms with Crippen LogP contribution in [0.5, 0.6) is 0 Å². The lowest BCUT2D eigenvalue weighted by atomic mass is 10.0. The third-order valence-corrected chi connectivity index (χ3v) is 3.67. The molecule has 0 spiro atoms. The average Bonchev–Trinajstić information content (AvgIpc) is 2.73. The lowest BCUT2D eigenvalue weighted by Crippen LogP contribution is -2.45. The lowest BCUT2D eigenvalue weighted by molar-refractivity contribution is -0.143. The molecule has 0 aliphatic carbocycles. The third kappa shape index (κ3) is 3.08. The van der Waals surface area contributed by atoms with Crippen molar-refractivity contribution in [1.82, 2.24) is 0 Å². The first kappa shape index (κ1) is 15.5. The average molecular weight is 291 g/mol. The van der Waals surface area contributed by atoms with Crippen LogP contribution in [0, 0.1) is 13.8 Å². The third-order valence-electron chi connectivity index (χ3n) is 3.67. The Bertz CT molecular complexity index is 535. The number of ether oxygens (including phenoxy) is 2. The van der Waals surface area contributed by atoms with Crippen LogP contribution in [0.2, 0.25) is 0 Å². The summed E-state index contributed by atoms with van der Waals surface area (Å²) in [7, 11) is 1.47. The van der Waals surface area contributed by atoms with Gasteiger partial charge in [0.25, 0.3) is 5.91 Å². The first-order valence-corrected chi connectivity index (χ1v) is 7.03. The predicted molar refractivity (Wildman–Crippen MR) is 79.2 cm³/mol. The van der Waals surface area contributed by atoms with Crippen molar-refractivity contribution in [2.45, 2.75) is 39.3 Å². The van der Waals surface area contributed by atoms with E-state index in [0.717, 1.165) is 16.8 Å². The van der Waals surface area contributed by atoms with Crippen molar-refractivity contribution in [3.8, 4) is 0 Å². The molecule has 5 heteroatoms. The van der Waals surface area contributed by atoms with Gasteiger partial charge in [0.1, 0.15) is 18.8 Å². The summed E-state index contributed by atoms with van der Waals surface area (Å²) in [6.07, 6.45) is 0.326. The molecule has 0 radical (unpaired) electrons. The maximum Gasteiger partial charge on any atom is 0.329 e. The molecule has 0 N–H and O–H groups in total. The number of hydrogen-bond donors (Lipinski definition) is 0. The molecule has 1 aliphatic heterocycles. The minimum absolute atomic E-state index is 0.0636. The number of rotatable bonds is 4. The van der Waals surface area contributed by atoms with E-state index >= 15 is 0 Å². The lowest BCUT2D eigenvalue weighted by Gasteiger charge is -2.29. The SMILES string of the molecule is COCC(=O)N(c1c(C)cccc1C)C1CC(C)OC1=O. The zero-order valence-corrected chi connectivity index (χ0v) is 12.9. The Balaban J connectivity index is 2.46. The van der Waals surface area contributed by atoms with Crippen molar-refractivity contribution in [3.63, 3.8) is 0 Å². The van der Waals surface area contributed by atoms with E-state index in [-0.39, 0.29) is 24.6 Å². The molecule has 1 aromatic rings. The van der Waals surface area contributed by atoms with E-state index in [1.54, 1.807) is 4.90 Å². The standard InChI is InChI=1S/C16H21NO4/c1-10-6-5-7-11(2)15(10)17(14(18)9-20-4)13-8-12(3)21-16(13)19/h5-7,12-13H,8-9H2,1-4H3. The van der Waals surface area contributed by atoms with Crippen molar-refractivity contribution in [2.24, 2.45) is 0 Å². The van der Waals surface area contributed by atoms with Gasteiger partial charge in [0.2, 0.25) is 0 Å². The highest BCUT2D eigenvalue weighted by atomic mass is 16.6. The second-order valence-corrected chi connectivity index (χ2v) is 5.44. The Kier molecular flexibility index (Phi) is 4.63. The highest BCUT2D eigenvalue weighted by molar-refractivity contribution is 6.01. The van der Waals surface area contributed by atoms with Crippen molar-refractivity contribution >= 4 is 17.6 Å². The van der Waals surface area contributed by atoms with Gasteiger partial charge in [0.05, 0.1) is 5.69 Å². The van der Waals surface area contributed by atoms with Crippen LogP contribution in [-0.4, -0.2) is 37.7 Å². The summed E-state index contributed by atoms with van der Waals surface area (Å²) in [4.78, 5) is 26.1. The first-order valence-electron chi connectivity index (χ1n) is 7.03. The number of cyclic esters (lactones) is 1. The first-order chi connectivity index (χ1) is 9.95. The molecule has 1 amide bonds. The predicted octanol–water partition coefficient (Wildman–Crippen LogP) is 1.99. The van der Waals surface area contributed by atoms with Gasteiger partial charge in [-0.1, -0.05) is 18.2 Å².